The molecule has 0 radical (unpaired) electrons. The molecule has 0 bridgehead atoms. The lowest BCUT2D eigenvalue weighted by Gasteiger charge is -2.03. The summed E-state index contributed by atoms with van der Waals surface area (Å²) in [7, 11) is -0.197. The van der Waals surface area contributed by atoms with E-state index in [2.05, 4.69) is 9.84 Å². The fraction of sp³-hybridized carbons (Fsp3) is 0.200. The molecule has 0 aliphatic heterocycles. The summed E-state index contributed by atoms with van der Waals surface area (Å²) in [6.07, 6.45) is 1.56. The van der Waals surface area contributed by atoms with E-state index in [1.54, 1.807) is 24.4 Å². The van der Waals surface area contributed by atoms with Crippen molar-refractivity contribution in [2.75, 3.05) is 7.11 Å². The highest BCUT2D eigenvalue weighted by Gasteiger charge is 2.13. The molecule has 17 heavy (non-hydrogen) atoms. The lowest BCUT2D eigenvalue weighted by Crippen LogP contribution is -2.29. The van der Waals surface area contributed by atoms with Gasteiger partial charge in [-0.05, 0) is 11.5 Å². The number of carbonyl (C=O) groups is 1. The Hall–Kier alpha value is -1.86. The van der Waals surface area contributed by atoms with Gasteiger partial charge in [-0.1, -0.05) is 12.1 Å². The topological polar surface area (TPSA) is 84.6 Å². The van der Waals surface area contributed by atoms with Gasteiger partial charge in [0.25, 0.3) is 0 Å². The van der Waals surface area contributed by atoms with Crippen LogP contribution in [0.3, 0.4) is 0 Å². The summed E-state index contributed by atoms with van der Waals surface area (Å²) >= 11 is 0. The van der Waals surface area contributed by atoms with Crippen molar-refractivity contribution in [2.24, 2.45) is 0 Å². The molecule has 0 aliphatic rings. The van der Waals surface area contributed by atoms with Crippen molar-refractivity contribution in [1.82, 2.24) is 9.78 Å². The molecule has 7 heteroatoms. The average molecular weight is 234 g/mol. The third-order valence-corrected chi connectivity index (χ3v) is 2.47. The van der Waals surface area contributed by atoms with Gasteiger partial charge >= 0.3 is 13.1 Å². The predicted molar refractivity (Wildman–Crippen MR) is 61.6 cm³/mol. The highest BCUT2D eigenvalue weighted by molar-refractivity contribution is 6.58. The molecule has 2 rings (SSSR count). The third-order valence-electron chi connectivity index (χ3n) is 2.47. The van der Waals surface area contributed by atoms with Crippen LogP contribution in [0.25, 0.3) is 10.9 Å². The van der Waals surface area contributed by atoms with Crippen LogP contribution >= 0.6 is 0 Å². The summed E-state index contributed by atoms with van der Waals surface area (Å²) < 4.78 is 6.05. The Morgan fingerprint density at radius 1 is 1.53 bits per heavy atom. The largest absolute Gasteiger partial charge is 0.488 e. The number of carbonyl (C=O) groups excluding carboxylic acids is 1. The van der Waals surface area contributed by atoms with Gasteiger partial charge in [0.1, 0.15) is 6.54 Å². The molecule has 0 fully saturated rings. The molecular weight excluding hydrogens is 223 g/mol. The summed E-state index contributed by atoms with van der Waals surface area (Å²) in [6, 6.07) is 4.86. The van der Waals surface area contributed by atoms with E-state index in [0.29, 0.717) is 5.46 Å². The molecule has 1 aromatic heterocycles. The fourth-order valence-electron chi connectivity index (χ4n) is 1.58. The minimum Gasteiger partial charge on any atom is -0.468 e. The molecule has 0 saturated carbocycles. The van der Waals surface area contributed by atoms with Gasteiger partial charge in [0.15, 0.2) is 0 Å². The van der Waals surface area contributed by atoms with E-state index in [1.807, 2.05) is 0 Å². The Morgan fingerprint density at radius 2 is 2.29 bits per heavy atom. The summed E-state index contributed by atoms with van der Waals surface area (Å²) in [5.41, 5.74) is 1.12. The van der Waals surface area contributed by atoms with E-state index in [-0.39, 0.29) is 12.5 Å². The second-order valence-corrected chi connectivity index (χ2v) is 3.57. The zero-order valence-electron chi connectivity index (χ0n) is 9.20. The second kappa shape index (κ2) is 4.56. The summed E-state index contributed by atoms with van der Waals surface area (Å²) in [5.74, 6) is -0.388. The van der Waals surface area contributed by atoms with Gasteiger partial charge in [-0.2, -0.15) is 5.10 Å². The van der Waals surface area contributed by atoms with E-state index >= 15 is 0 Å². The molecule has 2 N–H and O–H groups in total. The summed E-state index contributed by atoms with van der Waals surface area (Å²) in [6.45, 7) is 0.0288. The lowest BCUT2D eigenvalue weighted by atomic mass is 9.80. The number of hydrogen-bond donors (Lipinski definition) is 2. The van der Waals surface area contributed by atoms with Crippen LogP contribution < -0.4 is 5.46 Å². The van der Waals surface area contributed by atoms with Crippen molar-refractivity contribution in [3.63, 3.8) is 0 Å². The number of hydrogen-bond acceptors (Lipinski definition) is 5. The van der Waals surface area contributed by atoms with Gasteiger partial charge in [-0.3, -0.25) is 9.48 Å². The molecule has 0 unspecified atom stereocenters. The molecule has 88 valence electrons. The van der Waals surface area contributed by atoms with Crippen molar-refractivity contribution in [1.29, 1.82) is 0 Å². The van der Waals surface area contributed by atoms with Crippen molar-refractivity contribution in [3.8, 4) is 0 Å². The number of methoxy groups -OCH3 is 1. The number of benzene rings is 1. The molecule has 6 nitrogen and oxygen atoms in total. The smallest absolute Gasteiger partial charge is 0.468 e. The van der Waals surface area contributed by atoms with E-state index in [1.165, 1.54) is 11.8 Å². The molecule has 0 spiro atoms. The first-order chi connectivity index (χ1) is 8.11. The molecule has 0 atom stereocenters. The van der Waals surface area contributed by atoms with Gasteiger partial charge in [-0.25, -0.2) is 0 Å². The maximum absolute atomic E-state index is 11.1. The predicted octanol–water partition coefficient (Wildman–Crippen LogP) is -1.11. The van der Waals surface area contributed by atoms with Crippen LogP contribution in [-0.2, 0) is 16.1 Å². The normalized spacial score (nSPS) is 10.5. The number of rotatable bonds is 3. The zero-order valence-corrected chi connectivity index (χ0v) is 9.20. The van der Waals surface area contributed by atoms with E-state index in [9.17, 15) is 4.79 Å². The minimum atomic E-state index is -1.51. The van der Waals surface area contributed by atoms with Crippen LogP contribution in [-0.4, -0.2) is 40.0 Å². The highest BCUT2D eigenvalue weighted by Crippen LogP contribution is 2.11. The lowest BCUT2D eigenvalue weighted by molar-refractivity contribution is -0.141. The van der Waals surface area contributed by atoms with Gasteiger partial charge in [0.2, 0.25) is 0 Å². The first kappa shape index (κ1) is 11.6. The van der Waals surface area contributed by atoms with Crippen LogP contribution in [0.1, 0.15) is 0 Å². The maximum atomic E-state index is 11.1. The Kier molecular flexibility index (Phi) is 3.12. The standard InChI is InChI=1S/C10H11BN2O4/c1-17-10(14)6-13-9-3-2-8(11(15)16)4-7(9)5-12-13/h2-5,15-16H,6H2,1H3. The van der Waals surface area contributed by atoms with Gasteiger partial charge in [0.05, 0.1) is 18.8 Å². The zero-order chi connectivity index (χ0) is 12.4. The Bertz CT molecular complexity index is 552. The number of nitrogens with zero attached hydrogens (tertiary/aromatic N) is 2. The molecule has 1 heterocycles. The molecular formula is C10H11BN2O4. The van der Waals surface area contributed by atoms with Gasteiger partial charge in [-0.15, -0.1) is 0 Å². The third kappa shape index (κ3) is 2.30. The van der Waals surface area contributed by atoms with Crippen LogP contribution in [0.5, 0.6) is 0 Å². The van der Waals surface area contributed by atoms with Crippen LogP contribution in [0, 0.1) is 0 Å². The Balaban J connectivity index is 2.38. The van der Waals surface area contributed by atoms with Crippen molar-refractivity contribution >= 4 is 29.5 Å². The molecule has 0 aliphatic carbocycles. The molecule has 0 amide bonds. The number of esters is 1. The number of fused-ring (bicyclic) bond motifs is 1. The molecule has 0 saturated heterocycles. The van der Waals surface area contributed by atoms with Crippen LogP contribution in [0.2, 0.25) is 0 Å². The first-order valence-corrected chi connectivity index (χ1v) is 5.00. The second-order valence-electron chi connectivity index (χ2n) is 3.57. The van der Waals surface area contributed by atoms with Gasteiger partial charge in [0, 0.05) is 5.39 Å². The quantitative estimate of drug-likeness (QED) is 0.519. The van der Waals surface area contributed by atoms with Crippen molar-refractivity contribution < 1.29 is 19.6 Å². The summed E-state index contributed by atoms with van der Waals surface area (Å²) in [4.78, 5) is 11.1. The molecule has 1 aromatic carbocycles. The highest BCUT2D eigenvalue weighted by atomic mass is 16.5. The number of aromatic nitrogens is 2. The Labute approximate surface area is 97.6 Å². The summed E-state index contributed by atoms with van der Waals surface area (Å²) in [5, 5.41) is 22.8. The fourth-order valence-corrected chi connectivity index (χ4v) is 1.58. The van der Waals surface area contributed by atoms with Crippen molar-refractivity contribution in [2.45, 2.75) is 6.54 Å². The van der Waals surface area contributed by atoms with E-state index in [4.69, 9.17) is 10.0 Å². The van der Waals surface area contributed by atoms with Crippen LogP contribution in [0.4, 0.5) is 0 Å². The monoisotopic (exact) mass is 234 g/mol. The minimum absolute atomic E-state index is 0.0288. The number of ether oxygens (including phenoxy) is 1. The van der Waals surface area contributed by atoms with Crippen LogP contribution in [0.15, 0.2) is 24.4 Å². The first-order valence-electron chi connectivity index (χ1n) is 5.00. The van der Waals surface area contributed by atoms with Crippen molar-refractivity contribution in [3.05, 3.63) is 24.4 Å². The van der Waals surface area contributed by atoms with E-state index < -0.39 is 7.12 Å². The molecule has 2 aromatic rings. The maximum Gasteiger partial charge on any atom is 0.488 e. The van der Waals surface area contributed by atoms with Gasteiger partial charge < -0.3 is 14.8 Å². The Morgan fingerprint density at radius 3 is 2.94 bits per heavy atom. The SMILES string of the molecule is COC(=O)Cn1ncc2cc(B(O)O)ccc21. The van der Waals surface area contributed by atoms with E-state index in [0.717, 1.165) is 10.9 Å². The average Bonchev–Trinajstić information content (AvgIpc) is 2.71.